The van der Waals surface area contributed by atoms with Crippen LogP contribution in [0.4, 0.5) is 0 Å². The Morgan fingerprint density at radius 3 is 2.64 bits per heavy atom. The molecule has 0 saturated carbocycles. The van der Waals surface area contributed by atoms with Crippen molar-refractivity contribution < 1.29 is 14.3 Å². The monoisotopic (exact) mass is 385 g/mol. The smallest absolute Gasteiger partial charge is 0.335 e. The maximum absolute atomic E-state index is 11.1. The Balaban J connectivity index is 0.00000312. The molecule has 2 rings (SSSR count). The van der Waals surface area contributed by atoms with Gasteiger partial charge in [-0.15, -0.1) is 12.4 Å². The highest BCUT2D eigenvalue weighted by Crippen LogP contribution is 2.30. The van der Waals surface area contributed by atoms with Crippen LogP contribution in [0, 0.1) is 0 Å². The largest absolute Gasteiger partial charge is 0.478 e. The summed E-state index contributed by atoms with van der Waals surface area (Å²) in [5.74, 6) is 0.419. The molecule has 4 nitrogen and oxygen atoms in total. The molecule has 0 amide bonds. The van der Waals surface area contributed by atoms with Gasteiger partial charge in [0.1, 0.15) is 11.5 Å². The molecule has 0 atom stereocenters. The molecule has 2 N–H and O–H groups in total. The molecule has 0 unspecified atom stereocenters. The number of carbonyl (C=O) groups is 1. The van der Waals surface area contributed by atoms with Crippen LogP contribution in [0.5, 0.6) is 0 Å². The van der Waals surface area contributed by atoms with Gasteiger partial charge in [-0.2, -0.15) is 0 Å². The van der Waals surface area contributed by atoms with Crippen LogP contribution in [0.3, 0.4) is 0 Å². The third-order valence-corrected chi connectivity index (χ3v) is 4.23. The standard InChI is InChI=1S/C19H24ClNO3.ClH/c1-2-3-4-5-6-11-21-13-15-8-10-18(24-15)16-12-14(19(22)23)7-9-17(16)20;/h7-10,12,21H,2-6,11,13H2,1H3,(H,22,23);1H. The summed E-state index contributed by atoms with van der Waals surface area (Å²) in [4.78, 5) is 11.1. The zero-order chi connectivity index (χ0) is 17.4. The van der Waals surface area contributed by atoms with Crippen molar-refractivity contribution in [3.05, 3.63) is 46.7 Å². The second-order valence-electron chi connectivity index (χ2n) is 5.86. The fourth-order valence-corrected chi connectivity index (χ4v) is 2.74. The van der Waals surface area contributed by atoms with E-state index in [1.807, 2.05) is 12.1 Å². The fraction of sp³-hybridized carbons (Fsp3) is 0.421. The van der Waals surface area contributed by atoms with Gasteiger partial charge in [-0.1, -0.05) is 44.2 Å². The second-order valence-corrected chi connectivity index (χ2v) is 6.26. The molecule has 1 aromatic heterocycles. The minimum absolute atomic E-state index is 0. The number of halogens is 2. The Labute approximate surface area is 160 Å². The minimum atomic E-state index is -0.982. The molecular formula is C19H25Cl2NO3. The molecule has 0 spiro atoms. The van der Waals surface area contributed by atoms with Crippen LogP contribution in [0.15, 0.2) is 34.7 Å². The first kappa shape index (κ1) is 21.6. The lowest BCUT2D eigenvalue weighted by Gasteiger charge is -2.04. The van der Waals surface area contributed by atoms with E-state index in [-0.39, 0.29) is 18.0 Å². The molecule has 6 heteroatoms. The van der Waals surface area contributed by atoms with E-state index in [1.165, 1.54) is 44.2 Å². The number of furan rings is 1. The predicted octanol–water partition coefficient (Wildman–Crippen LogP) is 5.78. The Hall–Kier alpha value is -1.49. The van der Waals surface area contributed by atoms with E-state index in [0.717, 1.165) is 12.3 Å². The van der Waals surface area contributed by atoms with Crippen molar-refractivity contribution in [2.24, 2.45) is 0 Å². The van der Waals surface area contributed by atoms with Crippen molar-refractivity contribution >= 4 is 30.0 Å². The van der Waals surface area contributed by atoms with Crippen LogP contribution in [0.25, 0.3) is 11.3 Å². The van der Waals surface area contributed by atoms with E-state index in [9.17, 15) is 4.79 Å². The topological polar surface area (TPSA) is 62.5 Å². The number of nitrogens with one attached hydrogen (secondary N) is 1. The number of unbranched alkanes of at least 4 members (excludes halogenated alkanes) is 4. The third-order valence-electron chi connectivity index (χ3n) is 3.90. The van der Waals surface area contributed by atoms with Crippen molar-refractivity contribution in [3.8, 4) is 11.3 Å². The van der Waals surface area contributed by atoms with Crippen molar-refractivity contribution in [1.29, 1.82) is 0 Å². The number of rotatable bonds is 10. The maximum Gasteiger partial charge on any atom is 0.335 e. The van der Waals surface area contributed by atoms with Crippen molar-refractivity contribution in [2.45, 2.75) is 45.6 Å². The molecule has 0 aliphatic carbocycles. The van der Waals surface area contributed by atoms with Gasteiger partial charge in [0.15, 0.2) is 0 Å². The molecule has 0 fully saturated rings. The van der Waals surface area contributed by atoms with E-state index >= 15 is 0 Å². The van der Waals surface area contributed by atoms with Gasteiger partial charge in [0, 0.05) is 5.56 Å². The van der Waals surface area contributed by atoms with Crippen molar-refractivity contribution in [1.82, 2.24) is 5.32 Å². The summed E-state index contributed by atoms with van der Waals surface area (Å²) in [5, 5.41) is 12.9. The van der Waals surface area contributed by atoms with Crippen molar-refractivity contribution in [2.75, 3.05) is 6.54 Å². The van der Waals surface area contributed by atoms with Crippen LogP contribution < -0.4 is 5.32 Å². The highest BCUT2D eigenvalue weighted by molar-refractivity contribution is 6.33. The quantitative estimate of drug-likeness (QED) is 0.508. The van der Waals surface area contributed by atoms with E-state index in [0.29, 0.717) is 22.9 Å². The maximum atomic E-state index is 11.1. The summed E-state index contributed by atoms with van der Waals surface area (Å²) in [7, 11) is 0. The van der Waals surface area contributed by atoms with Gasteiger partial charge in [0.25, 0.3) is 0 Å². The Morgan fingerprint density at radius 1 is 1.16 bits per heavy atom. The highest BCUT2D eigenvalue weighted by atomic mass is 35.5. The number of hydrogen-bond donors (Lipinski definition) is 2. The van der Waals surface area contributed by atoms with Crippen LogP contribution in [0.2, 0.25) is 5.02 Å². The molecule has 25 heavy (non-hydrogen) atoms. The first-order valence-electron chi connectivity index (χ1n) is 8.44. The van der Waals surface area contributed by atoms with Gasteiger partial charge in [-0.3, -0.25) is 0 Å². The zero-order valence-electron chi connectivity index (χ0n) is 14.4. The minimum Gasteiger partial charge on any atom is -0.478 e. The van der Waals surface area contributed by atoms with Gasteiger partial charge in [-0.05, 0) is 43.3 Å². The Morgan fingerprint density at radius 2 is 1.92 bits per heavy atom. The lowest BCUT2D eigenvalue weighted by Crippen LogP contribution is -2.14. The molecule has 138 valence electrons. The summed E-state index contributed by atoms with van der Waals surface area (Å²) >= 11 is 6.16. The lowest BCUT2D eigenvalue weighted by molar-refractivity contribution is 0.0697. The SMILES string of the molecule is CCCCCCCNCc1ccc(-c2cc(C(=O)O)ccc2Cl)o1.Cl. The van der Waals surface area contributed by atoms with E-state index in [1.54, 1.807) is 6.07 Å². The molecular weight excluding hydrogens is 361 g/mol. The zero-order valence-corrected chi connectivity index (χ0v) is 16.0. The average Bonchev–Trinajstić information content (AvgIpc) is 3.03. The molecule has 2 aromatic rings. The van der Waals surface area contributed by atoms with Gasteiger partial charge >= 0.3 is 5.97 Å². The third kappa shape index (κ3) is 6.73. The summed E-state index contributed by atoms with van der Waals surface area (Å²) < 4.78 is 5.79. The van der Waals surface area contributed by atoms with Gasteiger partial charge in [0.05, 0.1) is 17.1 Å². The first-order chi connectivity index (χ1) is 11.6. The van der Waals surface area contributed by atoms with Crippen molar-refractivity contribution in [3.63, 3.8) is 0 Å². The van der Waals surface area contributed by atoms with Gasteiger partial charge < -0.3 is 14.8 Å². The molecule has 0 saturated heterocycles. The Bertz CT molecular complexity index is 670. The number of carboxylic acid groups (broad SMARTS) is 1. The predicted molar refractivity (Wildman–Crippen MR) is 104 cm³/mol. The fourth-order valence-electron chi connectivity index (χ4n) is 2.53. The van der Waals surface area contributed by atoms with Crippen LogP contribution >= 0.6 is 24.0 Å². The molecule has 0 aliphatic rings. The lowest BCUT2D eigenvalue weighted by atomic mass is 10.1. The van der Waals surface area contributed by atoms with Crippen LogP contribution in [-0.2, 0) is 6.54 Å². The number of hydrogen-bond acceptors (Lipinski definition) is 3. The number of carboxylic acids is 1. The molecule has 0 radical (unpaired) electrons. The summed E-state index contributed by atoms with van der Waals surface area (Å²) in [6, 6.07) is 8.32. The van der Waals surface area contributed by atoms with E-state index in [4.69, 9.17) is 21.1 Å². The van der Waals surface area contributed by atoms with Gasteiger partial charge in [0.2, 0.25) is 0 Å². The highest BCUT2D eigenvalue weighted by Gasteiger charge is 2.12. The number of benzene rings is 1. The van der Waals surface area contributed by atoms with E-state index < -0.39 is 5.97 Å². The summed E-state index contributed by atoms with van der Waals surface area (Å²) in [5.41, 5.74) is 0.792. The van der Waals surface area contributed by atoms with Crippen LogP contribution in [-0.4, -0.2) is 17.6 Å². The molecule has 1 aromatic carbocycles. The Kier molecular flexibility index (Phi) is 9.65. The second kappa shape index (κ2) is 11.2. The normalized spacial score (nSPS) is 10.5. The van der Waals surface area contributed by atoms with Gasteiger partial charge in [-0.25, -0.2) is 4.79 Å². The summed E-state index contributed by atoms with van der Waals surface area (Å²) in [6.45, 7) is 3.84. The molecule has 1 heterocycles. The van der Waals surface area contributed by atoms with E-state index in [2.05, 4.69) is 12.2 Å². The first-order valence-corrected chi connectivity index (χ1v) is 8.82. The summed E-state index contributed by atoms with van der Waals surface area (Å²) in [6.07, 6.45) is 6.27. The number of aromatic carboxylic acids is 1. The molecule has 0 aliphatic heterocycles. The molecule has 0 bridgehead atoms. The van der Waals surface area contributed by atoms with Crippen LogP contribution in [0.1, 0.15) is 55.1 Å². The average molecular weight is 386 g/mol.